The first-order chi connectivity index (χ1) is 12.5. The Hall–Kier alpha value is -1.68. The van der Waals surface area contributed by atoms with Crippen LogP contribution in [0.25, 0.3) is 0 Å². The van der Waals surface area contributed by atoms with Gasteiger partial charge in [-0.15, -0.1) is 0 Å². The number of hydrogen-bond acceptors (Lipinski definition) is 3. The van der Waals surface area contributed by atoms with Crippen molar-refractivity contribution < 1.29 is 9.47 Å². The summed E-state index contributed by atoms with van der Waals surface area (Å²) in [6.45, 7) is 9.99. The summed E-state index contributed by atoms with van der Waals surface area (Å²) in [7, 11) is 0. The van der Waals surface area contributed by atoms with Crippen LogP contribution in [0.4, 0.5) is 0 Å². The molecule has 0 bridgehead atoms. The summed E-state index contributed by atoms with van der Waals surface area (Å²) in [6, 6.07) is 21.4. The van der Waals surface area contributed by atoms with Crippen LogP contribution in [0, 0.1) is 5.92 Å². The third-order valence-corrected chi connectivity index (χ3v) is 4.80. The molecule has 2 aromatic rings. The molecule has 1 saturated heterocycles. The standard InChI is InChI=1S/C23H31NO2/c1-19(14-22-18-25-23(2,3)26-22)15-24(16-20-10-6-4-7-11-20)17-21-12-8-5-9-13-21/h4-13,19,22H,14-18H2,1-3H3/t19-,22+/m1/s1. The highest BCUT2D eigenvalue weighted by molar-refractivity contribution is 5.17. The first-order valence-electron chi connectivity index (χ1n) is 9.62. The zero-order valence-corrected chi connectivity index (χ0v) is 16.2. The maximum Gasteiger partial charge on any atom is 0.163 e. The van der Waals surface area contributed by atoms with Gasteiger partial charge in [-0.05, 0) is 37.3 Å². The van der Waals surface area contributed by atoms with Crippen molar-refractivity contribution >= 4 is 0 Å². The van der Waals surface area contributed by atoms with Crippen LogP contribution in [0.3, 0.4) is 0 Å². The first-order valence-corrected chi connectivity index (χ1v) is 9.62. The van der Waals surface area contributed by atoms with E-state index in [0.29, 0.717) is 12.5 Å². The van der Waals surface area contributed by atoms with Gasteiger partial charge in [0, 0.05) is 19.6 Å². The fourth-order valence-electron chi connectivity index (χ4n) is 3.71. The molecule has 1 heterocycles. The molecule has 0 radical (unpaired) electrons. The van der Waals surface area contributed by atoms with Crippen LogP contribution in [-0.2, 0) is 22.6 Å². The molecule has 0 amide bonds. The highest BCUT2D eigenvalue weighted by Gasteiger charge is 2.33. The van der Waals surface area contributed by atoms with Gasteiger partial charge in [0.1, 0.15) is 0 Å². The number of hydrogen-bond donors (Lipinski definition) is 0. The maximum atomic E-state index is 6.00. The molecule has 1 aliphatic rings. The normalized spacial score (nSPS) is 20.4. The number of benzene rings is 2. The van der Waals surface area contributed by atoms with Crippen LogP contribution < -0.4 is 0 Å². The van der Waals surface area contributed by atoms with Crippen molar-refractivity contribution in [3.05, 3.63) is 71.8 Å². The van der Waals surface area contributed by atoms with Gasteiger partial charge >= 0.3 is 0 Å². The van der Waals surface area contributed by atoms with Gasteiger partial charge in [0.15, 0.2) is 5.79 Å². The van der Waals surface area contributed by atoms with Crippen molar-refractivity contribution in [3.63, 3.8) is 0 Å². The molecule has 3 rings (SSSR count). The fraction of sp³-hybridized carbons (Fsp3) is 0.478. The maximum absolute atomic E-state index is 6.00. The Morgan fingerprint density at radius 3 is 1.96 bits per heavy atom. The molecule has 0 aliphatic carbocycles. The second kappa shape index (κ2) is 8.81. The quantitative estimate of drug-likeness (QED) is 0.676. The summed E-state index contributed by atoms with van der Waals surface area (Å²) < 4.78 is 11.7. The lowest BCUT2D eigenvalue weighted by Gasteiger charge is -2.27. The van der Waals surface area contributed by atoms with Crippen LogP contribution in [0.1, 0.15) is 38.3 Å². The first kappa shape index (κ1) is 19.1. The summed E-state index contributed by atoms with van der Waals surface area (Å²) in [5.74, 6) is 0.114. The molecule has 3 nitrogen and oxygen atoms in total. The lowest BCUT2D eigenvalue weighted by Crippen LogP contribution is -2.30. The number of rotatable bonds is 8. The minimum Gasteiger partial charge on any atom is -0.348 e. The molecule has 2 aromatic carbocycles. The van der Waals surface area contributed by atoms with Gasteiger partial charge in [-0.1, -0.05) is 67.6 Å². The second-order valence-electron chi connectivity index (χ2n) is 7.93. The third kappa shape index (κ3) is 5.94. The van der Waals surface area contributed by atoms with Crippen molar-refractivity contribution in [2.45, 2.75) is 52.2 Å². The smallest absolute Gasteiger partial charge is 0.163 e. The van der Waals surface area contributed by atoms with Crippen LogP contribution >= 0.6 is 0 Å². The third-order valence-electron chi connectivity index (χ3n) is 4.80. The van der Waals surface area contributed by atoms with Crippen LogP contribution in [0.2, 0.25) is 0 Å². The van der Waals surface area contributed by atoms with E-state index in [2.05, 4.69) is 72.5 Å². The molecule has 0 unspecified atom stereocenters. The lowest BCUT2D eigenvalue weighted by atomic mass is 10.0. The molecule has 26 heavy (non-hydrogen) atoms. The predicted molar refractivity (Wildman–Crippen MR) is 106 cm³/mol. The molecule has 1 aliphatic heterocycles. The highest BCUT2D eigenvalue weighted by atomic mass is 16.7. The van der Waals surface area contributed by atoms with Crippen LogP contribution in [0.15, 0.2) is 60.7 Å². The Bertz CT molecular complexity index is 615. The molecule has 140 valence electrons. The van der Waals surface area contributed by atoms with E-state index < -0.39 is 5.79 Å². The Morgan fingerprint density at radius 2 is 1.50 bits per heavy atom. The summed E-state index contributed by atoms with van der Waals surface area (Å²) >= 11 is 0. The van der Waals surface area contributed by atoms with Gasteiger partial charge in [-0.2, -0.15) is 0 Å². The van der Waals surface area contributed by atoms with Crippen molar-refractivity contribution in [1.82, 2.24) is 4.90 Å². The van der Waals surface area contributed by atoms with Gasteiger partial charge < -0.3 is 9.47 Å². The van der Waals surface area contributed by atoms with Crippen LogP contribution in [-0.4, -0.2) is 29.9 Å². The molecule has 0 saturated carbocycles. The Labute approximate surface area is 157 Å². The van der Waals surface area contributed by atoms with Crippen molar-refractivity contribution in [3.8, 4) is 0 Å². The minimum atomic E-state index is -0.432. The van der Waals surface area contributed by atoms with Crippen molar-refractivity contribution in [2.24, 2.45) is 5.92 Å². The summed E-state index contributed by atoms with van der Waals surface area (Å²) in [5, 5.41) is 0. The molecule has 3 heteroatoms. The second-order valence-corrected chi connectivity index (χ2v) is 7.93. The van der Waals surface area contributed by atoms with Gasteiger partial charge in [0.2, 0.25) is 0 Å². The van der Waals surface area contributed by atoms with E-state index in [1.54, 1.807) is 0 Å². The Morgan fingerprint density at radius 1 is 0.962 bits per heavy atom. The Kier molecular flexibility index (Phi) is 6.47. The monoisotopic (exact) mass is 353 g/mol. The van der Waals surface area contributed by atoms with Gasteiger partial charge in [-0.25, -0.2) is 0 Å². The van der Waals surface area contributed by atoms with E-state index in [9.17, 15) is 0 Å². The van der Waals surface area contributed by atoms with E-state index in [-0.39, 0.29) is 6.10 Å². The highest BCUT2D eigenvalue weighted by Crippen LogP contribution is 2.26. The SMILES string of the molecule is C[C@H](C[C@H]1COC(C)(C)O1)CN(Cc1ccccc1)Cc1ccccc1. The number of ether oxygens (including phenoxy) is 2. The minimum absolute atomic E-state index is 0.204. The Balaban J connectivity index is 1.60. The predicted octanol–water partition coefficient (Wildman–Crippen LogP) is 4.87. The van der Waals surface area contributed by atoms with E-state index in [1.165, 1.54) is 11.1 Å². The average molecular weight is 354 g/mol. The summed E-state index contributed by atoms with van der Waals surface area (Å²) in [5.41, 5.74) is 2.72. The van der Waals surface area contributed by atoms with Crippen molar-refractivity contribution in [1.29, 1.82) is 0 Å². The largest absolute Gasteiger partial charge is 0.348 e. The van der Waals surface area contributed by atoms with Crippen molar-refractivity contribution in [2.75, 3.05) is 13.2 Å². The molecule has 1 fully saturated rings. The summed E-state index contributed by atoms with van der Waals surface area (Å²) in [4.78, 5) is 2.54. The molecular formula is C23H31NO2. The lowest BCUT2D eigenvalue weighted by molar-refractivity contribution is -0.140. The zero-order chi connectivity index (χ0) is 18.4. The van der Waals surface area contributed by atoms with E-state index in [0.717, 1.165) is 26.1 Å². The zero-order valence-electron chi connectivity index (χ0n) is 16.2. The average Bonchev–Trinajstić information content (AvgIpc) is 2.95. The number of nitrogens with zero attached hydrogens (tertiary/aromatic N) is 1. The molecule has 0 N–H and O–H groups in total. The van der Waals surface area contributed by atoms with Gasteiger partial charge in [0.25, 0.3) is 0 Å². The van der Waals surface area contributed by atoms with Gasteiger partial charge in [-0.3, -0.25) is 4.90 Å². The summed E-state index contributed by atoms with van der Waals surface area (Å²) in [6.07, 6.45) is 1.24. The van der Waals surface area contributed by atoms with E-state index in [1.807, 2.05) is 13.8 Å². The molecular weight excluding hydrogens is 322 g/mol. The van der Waals surface area contributed by atoms with E-state index in [4.69, 9.17) is 9.47 Å². The van der Waals surface area contributed by atoms with Gasteiger partial charge in [0.05, 0.1) is 12.7 Å². The molecule has 2 atom stereocenters. The van der Waals surface area contributed by atoms with E-state index >= 15 is 0 Å². The molecule has 0 aromatic heterocycles. The fourth-order valence-corrected chi connectivity index (χ4v) is 3.71. The van der Waals surface area contributed by atoms with Crippen LogP contribution in [0.5, 0.6) is 0 Å². The molecule has 0 spiro atoms. The topological polar surface area (TPSA) is 21.7 Å².